The third-order valence-corrected chi connectivity index (χ3v) is 3.38. The van der Waals surface area contributed by atoms with Crippen LogP contribution >= 0.6 is 0 Å². The van der Waals surface area contributed by atoms with Crippen molar-refractivity contribution in [3.05, 3.63) is 65.7 Å². The number of nitrogens with one attached hydrogen (secondary N) is 1. The molecule has 0 aliphatic carbocycles. The number of hydrogen-bond acceptors (Lipinski definition) is 3. The first-order chi connectivity index (χ1) is 12.4. The Kier molecular flexibility index (Phi) is 6.66. The van der Waals surface area contributed by atoms with Crippen LogP contribution in [0, 0.1) is 0 Å². The van der Waals surface area contributed by atoms with E-state index in [9.17, 15) is 18.0 Å². The van der Waals surface area contributed by atoms with E-state index in [1.165, 1.54) is 24.3 Å². The van der Waals surface area contributed by atoms with E-state index in [4.69, 9.17) is 9.47 Å². The molecule has 0 saturated heterocycles. The number of amides is 1. The van der Waals surface area contributed by atoms with E-state index in [1.807, 2.05) is 0 Å². The Morgan fingerprint density at radius 1 is 1.12 bits per heavy atom. The van der Waals surface area contributed by atoms with Crippen molar-refractivity contribution in [2.24, 2.45) is 0 Å². The van der Waals surface area contributed by atoms with Crippen LogP contribution in [-0.4, -0.2) is 26.2 Å². The number of ether oxygens (including phenoxy) is 2. The number of carbonyl (C=O) groups is 1. The first kappa shape index (κ1) is 19.4. The third-order valence-electron chi connectivity index (χ3n) is 3.38. The van der Waals surface area contributed by atoms with Crippen molar-refractivity contribution >= 4 is 12.0 Å². The summed E-state index contributed by atoms with van der Waals surface area (Å²) in [5.74, 6) is 0.934. The van der Waals surface area contributed by atoms with Gasteiger partial charge in [0.05, 0.1) is 19.2 Å². The smallest absolute Gasteiger partial charge is 0.416 e. The Hall–Kier alpha value is -2.96. The van der Waals surface area contributed by atoms with E-state index in [0.717, 1.165) is 12.1 Å². The quantitative estimate of drug-likeness (QED) is 0.598. The lowest BCUT2D eigenvalue weighted by atomic mass is 10.1. The lowest BCUT2D eigenvalue weighted by Crippen LogP contribution is -2.26. The highest BCUT2D eigenvalue weighted by Crippen LogP contribution is 2.29. The Labute approximate surface area is 149 Å². The van der Waals surface area contributed by atoms with Crippen LogP contribution in [0.1, 0.15) is 11.1 Å². The summed E-state index contributed by atoms with van der Waals surface area (Å²) >= 11 is 0. The molecule has 138 valence electrons. The van der Waals surface area contributed by atoms with Gasteiger partial charge in [0.15, 0.2) is 0 Å². The fourth-order valence-corrected chi connectivity index (χ4v) is 2.05. The minimum atomic E-state index is -4.37. The SMILES string of the molecule is COc1cccc(OCCNC(=O)/C=C/c2ccc(C(F)(F)F)cc2)c1. The lowest BCUT2D eigenvalue weighted by molar-refractivity contribution is -0.137. The van der Waals surface area contributed by atoms with Gasteiger partial charge in [-0.05, 0) is 35.9 Å². The van der Waals surface area contributed by atoms with Gasteiger partial charge in [0.1, 0.15) is 18.1 Å². The molecular formula is C19H18F3NO3. The summed E-state index contributed by atoms with van der Waals surface area (Å²) in [4.78, 5) is 11.7. The van der Waals surface area contributed by atoms with Crippen molar-refractivity contribution in [3.8, 4) is 11.5 Å². The van der Waals surface area contributed by atoms with Crippen molar-refractivity contribution in [2.75, 3.05) is 20.3 Å². The Morgan fingerprint density at radius 2 is 1.81 bits per heavy atom. The third kappa shape index (κ3) is 6.16. The molecular weight excluding hydrogens is 347 g/mol. The average Bonchev–Trinajstić information content (AvgIpc) is 2.63. The van der Waals surface area contributed by atoms with Crippen molar-refractivity contribution < 1.29 is 27.4 Å². The number of hydrogen-bond donors (Lipinski definition) is 1. The maximum Gasteiger partial charge on any atom is 0.416 e. The fraction of sp³-hybridized carbons (Fsp3) is 0.211. The van der Waals surface area contributed by atoms with Crippen LogP contribution in [0.2, 0.25) is 0 Å². The number of benzene rings is 2. The van der Waals surface area contributed by atoms with Crippen molar-refractivity contribution in [1.29, 1.82) is 0 Å². The molecule has 2 rings (SSSR count). The van der Waals surface area contributed by atoms with Gasteiger partial charge < -0.3 is 14.8 Å². The molecule has 0 radical (unpaired) electrons. The van der Waals surface area contributed by atoms with Gasteiger partial charge >= 0.3 is 6.18 Å². The van der Waals surface area contributed by atoms with Gasteiger partial charge in [-0.3, -0.25) is 4.79 Å². The molecule has 0 fully saturated rings. The minimum Gasteiger partial charge on any atom is -0.497 e. The van der Waals surface area contributed by atoms with Gasteiger partial charge in [-0.2, -0.15) is 13.2 Å². The first-order valence-electron chi connectivity index (χ1n) is 7.78. The maximum atomic E-state index is 12.5. The molecule has 4 nitrogen and oxygen atoms in total. The van der Waals surface area contributed by atoms with Gasteiger partial charge in [0.25, 0.3) is 0 Å². The molecule has 1 amide bonds. The van der Waals surface area contributed by atoms with E-state index in [1.54, 1.807) is 31.4 Å². The van der Waals surface area contributed by atoms with Crippen LogP contribution in [0.3, 0.4) is 0 Å². The Balaban J connectivity index is 1.75. The van der Waals surface area contributed by atoms with Gasteiger partial charge in [-0.15, -0.1) is 0 Å². The molecule has 0 unspecified atom stereocenters. The molecule has 0 aliphatic rings. The predicted octanol–water partition coefficient (Wildman–Crippen LogP) is 3.92. The normalized spacial score (nSPS) is 11.4. The molecule has 2 aromatic rings. The number of rotatable bonds is 7. The van der Waals surface area contributed by atoms with Crippen LogP contribution in [0.15, 0.2) is 54.6 Å². The zero-order valence-corrected chi connectivity index (χ0v) is 14.0. The molecule has 0 heterocycles. The monoisotopic (exact) mass is 365 g/mol. The number of halogens is 3. The highest BCUT2D eigenvalue weighted by atomic mass is 19.4. The van der Waals surface area contributed by atoms with Crippen LogP contribution < -0.4 is 14.8 Å². The van der Waals surface area contributed by atoms with Crippen LogP contribution in [0.4, 0.5) is 13.2 Å². The van der Waals surface area contributed by atoms with Crippen LogP contribution in [0.25, 0.3) is 6.08 Å². The molecule has 2 aromatic carbocycles. The van der Waals surface area contributed by atoms with E-state index in [2.05, 4.69) is 5.32 Å². The summed E-state index contributed by atoms with van der Waals surface area (Å²) in [5.41, 5.74) is -0.227. The molecule has 1 N–H and O–H groups in total. The largest absolute Gasteiger partial charge is 0.497 e. The molecule has 0 spiro atoms. The van der Waals surface area contributed by atoms with Crippen molar-refractivity contribution in [3.63, 3.8) is 0 Å². The Morgan fingerprint density at radius 3 is 2.46 bits per heavy atom. The number of methoxy groups -OCH3 is 1. The lowest BCUT2D eigenvalue weighted by Gasteiger charge is -2.08. The van der Waals surface area contributed by atoms with E-state index >= 15 is 0 Å². The minimum absolute atomic E-state index is 0.271. The van der Waals surface area contributed by atoms with Crippen LogP contribution in [0.5, 0.6) is 11.5 Å². The highest BCUT2D eigenvalue weighted by molar-refractivity contribution is 5.91. The number of carbonyl (C=O) groups excluding carboxylic acids is 1. The summed E-state index contributed by atoms with van der Waals surface area (Å²) < 4.78 is 48.0. The first-order valence-corrected chi connectivity index (χ1v) is 7.78. The second-order valence-electron chi connectivity index (χ2n) is 5.27. The average molecular weight is 365 g/mol. The summed E-state index contributed by atoms with van der Waals surface area (Å²) in [7, 11) is 1.56. The zero-order chi connectivity index (χ0) is 19.0. The molecule has 7 heteroatoms. The zero-order valence-electron chi connectivity index (χ0n) is 14.0. The molecule has 0 bridgehead atoms. The number of alkyl halides is 3. The van der Waals surface area contributed by atoms with E-state index < -0.39 is 11.7 Å². The topological polar surface area (TPSA) is 47.6 Å². The van der Waals surface area contributed by atoms with Gasteiger partial charge in [0, 0.05) is 12.1 Å². The fourth-order valence-electron chi connectivity index (χ4n) is 2.05. The molecule has 0 saturated carbocycles. The second-order valence-corrected chi connectivity index (χ2v) is 5.27. The van der Waals surface area contributed by atoms with Gasteiger partial charge in [0.2, 0.25) is 5.91 Å². The molecule has 26 heavy (non-hydrogen) atoms. The molecule has 0 atom stereocenters. The van der Waals surface area contributed by atoms with E-state index in [-0.39, 0.29) is 19.1 Å². The standard InChI is InChI=1S/C19H18F3NO3/c1-25-16-3-2-4-17(13-16)26-12-11-23-18(24)10-7-14-5-8-15(9-6-14)19(20,21)22/h2-10,13H,11-12H2,1H3,(H,23,24)/b10-7+. The maximum absolute atomic E-state index is 12.5. The molecule has 0 aliphatic heterocycles. The summed E-state index contributed by atoms with van der Waals surface area (Å²) in [5, 5.41) is 2.63. The highest BCUT2D eigenvalue weighted by Gasteiger charge is 2.29. The van der Waals surface area contributed by atoms with Crippen molar-refractivity contribution in [2.45, 2.75) is 6.18 Å². The predicted molar refractivity (Wildman–Crippen MR) is 92.0 cm³/mol. The second kappa shape index (κ2) is 8.94. The summed E-state index contributed by atoms with van der Waals surface area (Å²) in [6.45, 7) is 0.556. The molecule has 0 aromatic heterocycles. The summed E-state index contributed by atoms with van der Waals surface area (Å²) in [6.07, 6.45) is -1.67. The Bertz CT molecular complexity index is 755. The van der Waals surface area contributed by atoms with Crippen LogP contribution in [-0.2, 0) is 11.0 Å². The van der Waals surface area contributed by atoms with Gasteiger partial charge in [-0.25, -0.2) is 0 Å². The summed E-state index contributed by atoms with van der Waals surface area (Å²) in [6, 6.07) is 11.6. The van der Waals surface area contributed by atoms with E-state index in [0.29, 0.717) is 17.1 Å². The van der Waals surface area contributed by atoms with Gasteiger partial charge in [-0.1, -0.05) is 18.2 Å². The van der Waals surface area contributed by atoms with Crippen molar-refractivity contribution in [1.82, 2.24) is 5.32 Å².